The van der Waals surface area contributed by atoms with Crippen LogP contribution in [-0.2, 0) is 4.74 Å². The van der Waals surface area contributed by atoms with Crippen LogP contribution in [0, 0.1) is 0 Å². The van der Waals surface area contributed by atoms with Gasteiger partial charge in [-0.3, -0.25) is 0 Å². The molecule has 2 rings (SSSR count). The molecule has 1 aromatic heterocycles. The summed E-state index contributed by atoms with van der Waals surface area (Å²) in [6.45, 7) is 5.02. The number of ether oxygens (including phenoxy) is 1. The molecule has 1 aromatic rings. The number of nitrogens with one attached hydrogen (secondary N) is 1. The summed E-state index contributed by atoms with van der Waals surface area (Å²) in [6, 6.07) is 4.17. The highest BCUT2D eigenvalue weighted by Crippen LogP contribution is 2.22. The van der Waals surface area contributed by atoms with E-state index in [1.54, 1.807) is 0 Å². The van der Waals surface area contributed by atoms with Crippen molar-refractivity contribution in [1.29, 1.82) is 0 Å². The molecule has 0 aliphatic carbocycles. The summed E-state index contributed by atoms with van der Waals surface area (Å²) in [5.74, 6) is 0.925. The van der Waals surface area contributed by atoms with Gasteiger partial charge >= 0.3 is 0 Å². The molecule has 0 unspecified atom stereocenters. The van der Waals surface area contributed by atoms with Crippen LogP contribution in [-0.4, -0.2) is 37.8 Å². The van der Waals surface area contributed by atoms with Crippen LogP contribution in [0.1, 0.15) is 19.8 Å². The van der Waals surface area contributed by atoms with Crippen molar-refractivity contribution in [3.8, 4) is 0 Å². The molecule has 1 aliphatic rings. The second kappa shape index (κ2) is 5.87. The Hall–Kier alpha value is -1.29. The van der Waals surface area contributed by atoms with Crippen LogP contribution < -0.4 is 10.2 Å². The van der Waals surface area contributed by atoms with Gasteiger partial charge in [0.2, 0.25) is 0 Å². The second-order valence-corrected chi connectivity index (χ2v) is 4.29. The molecule has 0 atom stereocenters. The van der Waals surface area contributed by atoms with Crippen molar-refractivity contribution >= 4 is 11.5 Å². The smallest absolute Gasteiger partial charge is 0.127 e. The topological polar surface area (TPSA) is 37.4 Å². The minimum Gasteiger partial charge on any atom is -0.378 e. The Morgan fingerprint density at radius 3 is 2.88 bits per heavy atom. The van der Waals surface area contributed by atoms with Gasteiger partial charge in [-0.2, -0.15) is 0 Å². The highest BCUT2D eigenvalue weighted by atomic mass is 16.5. The number of rotatable bonds is 4. The number of anilines is 2. The van der Waals surface area contributed by atoms with Crippen molar-refractivity contribution < 1.29 is 4.74 Å². The molecule has 0 amide bonds. The van der Waals surface area contributed by atoms with Gasteiger partial charge in [-0.05, 0) is 25.8 Å². The lowest BCUT2D eigenvalue weighted by molar-refractivity contribution is 0.0459. The zero-order valence-electron chi connectivity index (χ0n) is 10.6. The molecule has 2 heterocycles. The third kappa shape index (κ3) is 3.09. The van der Waals surface area contributed by atoms with Gasteiger partial charge in [0.15, 0.2) is 0 Å². The van der Waals surface area contributed by atoms with Crippen LogP contribution >= 0.6 is 0 Å². The van der Waals surface area contributed by atoms with E-state index in [0.29, 0.717) is 6.10 Å². The molecule has 94 valence electrons. The lowest BCUT2D eigenvalue weighted by atomic mass is 10.1. The van der Waals surface area contributed by atoms with E-state index in [0.717, 1.165) is 38.4 Å². The number of nitrogens with zero attached hydrogens (tertiary/aromatic N) is 2. The number of hydrogen-bond acceptors (Lipinski definition) is 4. The normalized spacial score (nSPS) is 17.2. The highest BCUT2D eigenvalue weighted by molar-refractivity contribution is 5.53. The van der Waals surface area contributed by atoms with Crippen LogP contribution in [0.3, 0.4) is 0 Å². The van der Waals surface area contributed by atoms with E-state index in [-0.39, 0.29) is 0 Å². The van der Waals surface area contributed by atoms with Crippen LogP contribution in [0.2, 0.25) is 0 Å². The first-order valence-electron chi connectivity index (χ1n) is 6.34. The molecule has 0 spiro atoms. The van der Waals surface area contributed by atoms with Gasteiger partial charge in [-0.1, -0.05) is 0 Å². The Labute approximate surface area is 103 Å². The molecule has 0 bridgehead atoms. The van der Waals surface area contributed by atoms with Gasteiger partial charge in [0.1, 0.15) is 5.82 Å². The third-order valence-corrected chi connectivity index (χ3v) is 3.21. The van der Waals surface area contributed by atoms with Gasteiger partial charge in [0.25, 0.3) is 0 Å². The highest BCUT2D eigenvalue weighted by Gasteiger charge is 2.19. The molecule has 4 heteroatoms. The number of aromatic nitrogens is 1. The Kier molecular flexibility index (Phi) is 4.20. The van der Waals surface area contributed by atoms with E-state index in [1.807, 2.05) is 13.2 Å². The van der Waals surface area contributed by atoms with Gasteiger partial charge in [-0.15, -0.1) is 0 Å². The number of hydrogen-bond donors (Lipinski definition) is 1. The maximum atomic E-state index is 5.66. The molecule has 0 saturated carbocycles. The summed E-state index contributed by atoms with van der Waals surface area (Å²) in [6.07, 6.45) is 4.54. The summed E-state index contributed by atoms with van der Waals surface area (Å²) in [5.41, 5.74) is 1.25. The standard InChI is InChI=1S/C13H21N3O/c1-3-17-12-5-8-16(9-6-12)11-4-7-15-13(10-11)14-2/h4,7,10,12H,3,5-6,8-9H2,1-2H3,(H,14,15). The first kappa shape index (κ1) is 12.2. The molecular weight excluding hydrogens is 214 g/mol. The maximum absolute atomic E-state index is 5.66. The SMILES string of the molecule is CCOC1CCN(c2ccnc(NC)c2)CC1. The molecular formula is C13H21N3O. The van der Waals surface area contributed by atoms with Crippen molar-refractivity contribution in [1.82, 2.24) is 4.98 Å². The lowest BCUT2D eigenvalue weighted by Gasteiger charge is -2.33. The van der Waals surface area contributed by atoms with E-state index in [9.17, 15) is 0 Å². The minimum atomic E-state index is 0.446. The van der Waals surface area contributed by atoms with Gasteiger partial charge in [-0.25, -0.2) is 4.98 Å². The molecule has 1 saturated heterocycles. The van der Waals surface area contributed by atoms with E-state index in [4.69, 9.17) is 4.74 Å². The summed E-state index contributed by atoms with van der Waals surface area (Å²) in [7, 11) is 1.90. The van der Waals surface area contributed by atoms with Crippen LogP contribution in [0.25, 0.3) is 0 Å². The Bertz CT molecular complexity index is 348. The largest absolute Gasteiger partial charge is 0.378 e. The molecule has 17 heavy (non-hydrogen) atoms. The van der Waals surface area contributed by atoms with Gasteiger partial charge in [0.05, 0.1) is 6.10 Å². The predicted molar refractivity (Wildman–Crippen MR) is 70.6 cm³/mol. The van der Waals surface area contributed by atoms with Crippen molar-refractivity contribution in [3.63, 3.8) is 0 Å². The minimum absolute atomic E-state index is 0.446. The Balaban J connectivity index is 1.95. The fourth-order valence-electron chi connectivity index (χ4n) is 2.27. The zero-order valence-corrected chi connectivity index (χ0v) is 10.6. The predicted octanol–water partition coefficient (Wildman–Crippen LogP) is 2.13. The van der Waals surface area contributed by atoms with E-state index in [2.05, 4.69) is 34.3 Å². The van der Waals surface area contributed by atoms with Crippen molar-refractivity contribution in [3.05, 3.63) is 18.3 Å². The first-order chi connectivity index (χ1) is 8.33. The monoisotopic (exact) mass is 235 g/mol. The van der Waals surface area contributed by atoms with Crippen LogP contribution in [0.15, 0.2) is 18.3 Å². The first-order valence-corrected chi connectivity index (χ1v) is 6.34. The fraction of sp³-hybridized carbons (Fsp3) is 0.615. The van der Waals surface area contributed by atoms with Crippen LogP contribution in [0.5, 0.6) is 0 Å². The molecule has 4 nitrogen and oxygen atoms in total. The van der Waals surface area contributed by atoms with Crippen molar-refractivity contribution in [2.24, 2.45) is 0 Å². The van der Waals surface area contributed by atoms with Gasteiger partial charge in [0, 0.05) is 44.7 Å². The van der Waals surface area contributed by atoms with E-state index < -0.39 is 0 Å². The fourth-order valence-corrected chi connectivity index (χ4v) is 2.27. The van der Waals surface area contributed by atoms with Crippen molar-refractivity contribution in [2.45, 2.75) is 25.9 Å². The average Bonchev–Trinajstić information content (AvgIpc) is 2.40. The zero-order chi connectivity index (χ0) is 12.1. The summed E-state index contributed by atoms with van der Waals surface area (Å²) in [4.78, 5) is 6.64. The summed E-state index contributed by atoms with van der Waals surface area (Å²) < 4.78 is 5.66. The summed E-state index contributed by atoms with van der Waals surface area (Å²) in [5, 5.41) is 3.07. The maximum Gasteiger partial charge on any atom is 0.127 e. The number of pyridine rings is 1. The molecule has 0 aromatic carbocycles. The molecule has 1 fully saturated rings. The second-order valence-electron chi connectivity index (χ2n) is 4.29. The number of piperidine rings is 1. The molecule has 1 aliphatic heterocycles. The van der Waals surface area contributed by atoms with E-state index >= 15 is 0 Å². The quantitative estimate of drug-likeness (QED) is 0.867. The average molecular weight is 235 g/mol. The Morgan fingerprint density at radius 2 is 2.24 bits per heavy atom. The molecule has 1 N–H and O–H groups in total. The van der Waals surface area contributed by atoms with Gasteiger partial charge < -0.3 is 15.0 Å². The van der Waals surface area contributed by atoms with Crippen LogP contribution in [0.4, 0.5) is 11.5 Å². The Morgan fingerprint density at radius 1 is 1.47 bits per heavy atom. The molecule has 0 radical (unpaired) electrons. The third-order valence-electron chi connectivity index (χ3n) is 3.21. The summed E-state index contributed by atoms with van der Waals surface area (Å²) >= 11 is 0. The van der Waals surface area contributed by atoms with E-state index in [1.165, 1.54) is 5.69 Å². The van der Waals surface area contributed by atoms with Crippen molar-refractivity contribution in [2.75, 3.05) is 37.0 Å². The lowest BCUT2D eigenvalue weighted by Crippen LogP contribution is -2.37.